The molecule has 2 unspecified atom stereocenters. The molecule has 0 saturated carbocycles. The summed E-state index contributed by atoms with van der Waals surface area (Å²) in [5, 5.41) is 19.0. The molecule has 0 aromatic carbocycles. The molecule has 5 N–H and O–H groups in total. The number of rotatable bonds is 9. The van der Waals surface area contributed by atoms with Gasteiger partial charge in [-0.05, 0) is 26.2 Å². The lowest BCUT2D eigenvalue weighted by molar-refractivity contribution is -0.160. The highest BCUT2D eigenvalue weighted by atomic mass is 79.9. The number of nitrogens with one attached hydrogen (secondary N) is 1. The van der Waals surface area contributed by atoms with E-state index in [4.69, 9.17) is 20.7 Å². The Kier molecular flexibility index (Phi) is 12.9. The normalized spacial score (nSPS) is 13.0. The Hall–Kier alpha value is -1.68. The van der Waals surface area contributed by atoms with Crippen LogP contribution in [0.5, 0.6) is 0 Å². The van der Waals surface area contributed by atoms with E-state index in [2.05, 4.69) is 15.9 Å². The summed E-state index contributed by atoms with van der Waals surface area (Å²) in [5.41, 5.74) is 4.81. The lowest BCUT2D eigenvalue weighted by atomic mass is 10.0. The van der Waals surface area contributed by atoms with Gasteiger partial charge in [-0.25, -0.2) is 9.59 Å². The molecule has 3 amide bonds. The third-order valence-electron chi connectivity index (χ3n) is 3.37. The quantitative estimate of drug-likeness (QED) is 0.409. The van der Waals surface area contributed by atoms with Crippen LogP contribution in [0.4, 0.5) is 4.79 Å². The molecule has 0 aliphatic carbocycles. The number of nitrogens with two attached hydrogens (primary N) is 1. The first-order valence-electron chi connectivity index (χ1n) is 7.83. The zero-order valence-corrected chi connectivity index (χ0v) is 16.5. The summed E-state index contributed by atoms with van der Waals surface area (Å²) >= 11 is 3.26. The second-order valence-electron chi connectivity index (χ2n) is 5.27. The van der Waals surface area contributed by atoms with Crippen LogP contribution in [0, 0.1) is 0 Å². The molecule has 25 heavy (non-hydrogen) atoms. The molecule has 146 valence electrons. The van der Waals surface area contributed by atoms with Gasteiger partial charge in [0.15, 0.2) is 6.10 Å². The molecule has 0 spiro atoms. The number of urea groups is 1. The number of carboxylic acids is 2. The first-order chi connectivity index (χ1) is 11.4. The molecule has 0 aromatic rings. The first-order valence-corrected chi connectivity index (χ1v) is 8.62. The van der Waals surface area contributed by atoms with E-state index in [0.29, 0.717) is 19.3 Å². The Bertz CT molecular complexity index is 467. The molecular formula is C15H27BrN2O7. The fourth-order valence-electron chi connectivity index (χ4n) is 1.52. The number of hydrogen-bond donors (Lipinski definition) is 4. The Balaban J connectivity index is 0. The van der Waals surface area contributed by atoms with Gasteiger partial charge in [0, 0.05) is 0 Å². The van der Waals surface area contributed by atoms with E-state index in [9.17, 15) is 19.2 Å². The predicted molar refractivity (Wildman–Crippen MR) is 94.5 cm³/mol. The van der Waals surface area contributed by atoms with Crippen LogP contribution in [-0.4, -0.2) is 50.6 Å². The van der Waals surface area contributed by atoms with Crippen molar-refractivity contribution in [3.05, 3.63) is 0 Å². The summed E-state index contributed by atoms with van der Waals surface area (Å²) in [5.74, 6) is -2.78. The van der Waals surface area contributed by atoms with E-state index in [1.54, 1.807) is 6.92 Å². The fourth-order valence-corrected chi connectivity index (χ4v) is 1.62. The molecule has 0 radical (unpaired) electrons. The molecule has 0 aromatic heterocycles. The Labute approximate surface area is 155 Å². The van der Waals surface area contributed by atoms with Gasteiger partial charge in [-0.3, -0.25) is 14.9 Å². The molecule has 0 aliphatic heterocycles. The van der Waals surface area contributed by atoms with Crippen molar-refractivity contribution in [2.75, 3.05) is 0 Å². The maximum Gasteiger partial charge on any atom is 0.333 e. The number of imide groups is 1. The average molecular weight is 427 g/mol. The van der Waals surface area contributed by atoms with E-state index < -0.39 is 34.8 Å². The number of halogens is 1. The Morgan fingerprint density at radius 3 is 1.92 bits per heavy atom. The summed E-state index contributed by atoms with van der Waals surface area (Å²) < 4.78 is 4.33. The molecule has 0 fully saturated rings. The number of primary amides is 1. The summed E-state index contributed by atoms with van der Waals surface area (Å²) in [7, 11) is 0. The molecule has 0 saturated heterocycles. The lowest BCUT2D eigenvalue weighted by Crippen LogP contribution is -2.46. The first kappa shape index (κ1) is 25.6. The molecule has 0 rings (SSSR count). The van der Waals surface area contributed by atoms with Crippen LogP contribution >= 0.6 is 15.9 Å². The van der Waals surface area contributed by atoms with Crippen molar-refractivity contribution in [3.8, 4) is 0 Å². The number of carbonyl (C=O) groups is 4. The van der Waals surface area contributed by atoms with Crippen molar-refractivity contribution >= 4 is 39.8 Å². The fraction of sp³-hybridized carbons (Fsp3) is 0.733. The van der Waals surface area contributed by atoms with E-state index in [1.165, 1.54) is 0 Å². The summed E-state index contributed by atoms with van der Waals surface area (Å²) in [6.45, 7) is 7.26. The van der Waals surface area contributed by atoms with Crippen LogP contribution in [0.1, 0.15) is 53.4 Å². The molecule has 9 nitrogen and oxygen atoms in total. The minimum absolute atomic E-state index is 0.236. The van der Waals surface area contributed by atoms with Gasteiger partial charge in [0.05, 0.1) is 12.5 Å². The summed E-state index contributed by atoms with van der Waals surface area (Å²) in [6, 6.07) is -0.814. The molecule has 0 bridgehead atoms. The van der Waals surface area contributed by atoms with Crippen LogP contribution < -0.4 is 11.1 Å². The number of carbonyl (C=O) groups excluding carboxylic acids is 2. The highest BCUT2D eigenvalue weighted by Crippen LogP contribution is 2.26. The van der Waals surface area contributed by atoms with Crippen LogP contribution in [0.3, 0.4) is 0 Å². The number of ether oxygens (including phenoxy) is 1. The molecule has 10 heteroatoms. The van der Waals surface area contributed by atoms with Gasteiger partial charge < -0.3 is 20.7 Å². The molecule has 2 atom stereocenters. The van der Waals surface area contributed by atoms with Crippen LogP contribution in [0.2, 0.25) is 0 Å². The van der Waals surface area contributed by atoms with Crippen LogP contribution in [0.15, 0.2) is 0 Å². The van der Waals surface area contributed by atoms with Gasteiger partial charge in [-0.1, -0.05) is 36.7 Å². The highest BCUT2D eigenvalue weighted by Gasteiger charge is 2.32. The largest absolute Gasteiger partial charge is 0.481 e. The molecular weight excluding hydrogens is 400 g/mol. The van der Waals surface area contributed by atoms with E-state index in [0.717, 1.165) is 0 Å². The standard InChI is InChI=1S/C8H14O5.C7H13BrN2O2/c1-3-5(2)13-6(8(11)12)4-7(9)10;1-3-7(8,4-2)5(11)10-6(9)12/h5-6H,3-4H2,1-2H3,(H,9,10)(H,11,12);3-4H2,1-2H3,(H3,9,10,11,12). The average Bonchev–Trinajstić information content (AvgIpc) is 2.52. The monoisotopic (exact) mass is 426 g/mol. The molecule has 0 aliphatic rings. The van der Waals surface area contributed by atoms with E-state index in [-0.39, 0.29) is 12.0 Å². The minimum Gasteiger partial charge on any atom is -0.481 e. The maximum absolute atomic E-state index is 11.3. The van der Waals surface area contributed by atoms with Gasteiger partial charge in [0.2, 0.25) is 5.91 Å². The zero-order valence-electron chi connectivity index (χ0n) is 14.9. The number of hydrogen-bond acceptors (Lipinski definition) is 5. The van der Waals surface area contributed by atoms with Crippen molar-refractivity contribution in [2.45, 2.75) is 69.9 Å². The van der Waals surface area contributed by atoms with Gasteiger partial charge in [0.1, 0.15) is 4.32 Å². The third kappa shape index (κ3) is 11.5. The Morgan fingerprint density at radius 1 is 1.16 bits per heavy atom. The smallest absolute Gasteiger partial charge is 0.333 e. The molecule has 0 heterocycles. The topological polar surface area (TPSA) is 156 Å². The van der Waals surface area contributed by atoms with Crippen molar-refractivity contribution in [1.29, 1.82) is 0 Å². The SMILES string of the molecule is CCC(Br)(CC)C(=O)NC(N)=O.CCC(C)OC(CC(=O)O)C(=O)O. The summed E-state index contributed by atoms with van der Waals surface area (Å²) in [6.07, 6.45) is -0.0956. The number of carboxylic acid groups (broad SMARTS) is 2. The second-order valence-corrected chi connectivity index (χ2v) is 6.79. The van der Waals surface area contributed by atoms with Crippen LogP contribution in [0.25, 0.3) is 0 Å². The van der Waals surface area contributed by atoms with E-state index in [1.807, 2.05) is 26.1 Å². The number of alkyl halides is 1. The van der Waals surface area contributed by atoms with Gasteiger partial charge in [-0.2, -0.15) is 0 Å². The Morgan fingerprint density at radius 2 is 1.64 bits per heavy atom. The van der Waals surface area contributed by atoms with E-state index >= 15 is 0 Å². The van der Waals surface area contributed by atoms with Gasteiger partial charge in [-0.15, -0.1) is 0 Å². The van der Waals surface area contributed by atoms with Gasteiger partial charge >= 0.3 is 18.0 Å². The number of amides is 3. The lowest BCUT2D eigenvalue weighted by Gasteiger charge is -2.21. The van der Waals surface area contributed by atoms with Crippen LogP contribution in [-0.2, 0) is 19.1 Å². The highest BCUT2D eigenvalue weighted by molar-refractivity contribution is 9.10. The van der Waals surface area contributed by atoms with Crippen molar-refractivity contribution in [2.24, 2.45) is 5.73 Å². The minimum atomic E-state index is -1.24. The van der Waals surface area contributed by atoms with Gasteiger partial charge in [0.25, 0.3) is 0 Å². The van der Waals surface area contributed by atoms with Crippen molar-refractivity contribution < 1.29 is 34.1 Å². The van der Waals surface area contributed by atoms with Crippen molar-refractivity contribution in [1.82, 2.24) is 5.32 Å². The summed E-state index contributed by atoms with van der Waals surface area (Å²) in [4.78, 5) is 42.4. The third-order valence-corrected chi connectivity index (χ3v) is 4.85. The second kappa shape index (κ2) is 12.6. The van der Waals surface area contributed by atoms with Crippen molar-refractivity contribution in [3.63, 3.8) is 0 Å². The predicted octanol–water partition coefficient (Wildman–Crippen LogP) is 1.86. The zero-order chi connectivity index (χ0) is 20.2. The maximum atomic E-state index is 11.3. The number of aliphatic carboxylic acids is 2.